The van der Waals surface area contributed by atoms with E-state index in [1.165, 1.54) is 36.4 Å². The second kappa shape index (κ2) is 6.09. The molecule has 0 saturated carbocycles. The van der Waals surface area contributed by atoms with Crippen molar-refractivity contribution in [1.29, 1.82) is 0 Å². The van der Waals surface area contributed by atoms with Crippen LogP contribution in [0.25, 0.3) is 0 Å². The summed E-state index contributed by atoms with van der Waals surface area (Å²) in [6.45, 7) is -0.0942. The van der Waals surface area contributed by atoms with Gasteiger partial charge < -0.3 is 4.74 Å². The standard InChI is InChI=1S/C15H12F2O2/c16-12-3-1-11(2-4-12)9-14(18)10-19-15-7-5-13(17)6-8-15/h1-8H,9-10H2. The first-order chi connectivity index (χ1) is 9.13. The highest BCUT2D eigenvalue weighted by atomic mass is 19.1. The van der Waals surface area contributed by atoms with Gasteiger partial charge in [-0.2, -0.15) is 0 Å². The van der Waals surface area contributed by atoms with Crippen molar-refractivity contribution in [3.63, 3.8) is 0 Å². The van der Waals surface area contributed by atoms with Gasteiger partial charge in [-0.05, 0) is 42.0 Å². The van der Waals surface area contributed by atoms with Crippen LogP contribution in [0.1, 0.15) is 5.56 Å². The van der Waals surface area contributed by atoms with Crippen LogP contribution in [0.4, 0.5) is 8.78 Å². The molecule has 2 aromatic carbocycles. The third-order valence-corrected chi connectivity index (χ3v) is 2.53. The number of carbonyl (C=O) groups excluding carboxylic acids is 1. The Labute approximate surface area is 109 Å². The molecule has 0 saturated heterocycles. The number of halogens is 2. The molecule has 0 N–H and O–H groups in total. The zero-order valence-corrected chi connectivity index (χ0v) is 10.1. The number of ether oxygens (including phenoxy) is 1. The minimum Gasteiger partial charge on any atom is -0.486 e. The van der Waals surface area contributed by atoms with Crippen LogP contribution in [0.5, 0.6) is 5.75 Å². The van der Waals surface area contributed by atoms with E-state index in [4.69, 9.17) is 4.74 Å². The zero-order chi connectivity index (χ0) is 13.7. The van der Waals surface area contributed by atoms with Gasteiger partial charge in [0.1, 0.15) is 24.0 Å². The summed E-state index contributed by atoms with van der Waals surface area (Å²) in [5.74, 6) is -0.381. The third kappa shape index (κ3) is 4.17. The van der Waals surface area contributed by atoms with E-state index in [0.29, 0.717) is 5.75 Å². The summed E-state index contributed by atoms with van der Waals surface area (Å²) < 4.78 is 30.6. The van der Waals surface area contributed by atoms with Gasteiger partial charge in [0.15, 0.2) is 5.78 Å². The second-order valence-electron chi connectivity index (χ2n) is 4.08. The maximum Gasteiger partial charge on any atom is 0.174 e. The molecular formula is C15H12F2O2. The van der Waals surface area contributed by atoms with Crippen molar-refractivity contribution >= 4 is 5.78 Å². The molecule has 0 radical (unpaired) electrons. The highest BCUT2D eigenvalue weighted by Gasteiger charge is 2.05. The van der Waals surface area contributed by atoms with Crippen LogP contribution < -0.4 is 4.74 Å². The van der Waals surface area contributed by atoms with E-state index < -0.39 is 0 Å². The SMILES string of the molecule is O=C(COc1ccc(F)cc1)Cc1ccc(F)cc1. The van der Waals surface area contributed by atoms with Gasteiger partial charge in [-0.25, -0.2) is 8.78 Å². The average Bonchev–Trinajstić information content (AvgIpc) is 2.41. The number of ketones is 1. The topological polar surface area (TPSA) is 26.3 Å². The molecule has 0 fully saturated rings. The maximum atomic E-state index is 12.7. The van der Waals surface area contributed by atoms with Crippen LogP contribution in [-0.2, 0) is 11.2 Å². The first-order valence-corrected chi connectivity index (χ1v) is 5.78. The Morgan fingerprint density at radius 1 is 0.895 bits per heavy atom. The lowest BCUT2D eigenvalue weighted by Crippen LogP contribution is -2.13. The van der Waals surface area contributed by atoms with Gasteiger partial charge in [0, 0.05) is 6.42 Å². The molecule has 0 amide bonds. The molecule has 98 valence electrons. The summed E-state index contributed by atoms with van der Waals surface area (Å²) in [5.41, 5.74) is 0.731. The normalized spacial score (nSPS) is 10.2. The van der Waals surface area contributed by atoms with Crippen molar-refractivity contribution in [3.8, 4) is 5.75 Å². The first kappa shape index (κ1) is 13.2. The fourth-order valence-electron chi connectivity index (χ4n) is 1.58. The lowest BCUT2D eigenvalue weighted by Gasteiger charge is -2.05. The minimum atomic E-state index is -0.356. The first-order valence-electron chi connectivity index (χ1n) is 5.78. The Hall–Kier alpha value is -2.23. The monoisotopic (exact) mass is 262 g/mol. The maximum absolute atomic E-state index is 12.7. The van der Waals surface area contributed by atoms with Crippen molar-refractivity contribution in [2.24, 2.45) is 0 Å². The molecule has 4 heteroatoms. The predicted octanol–water partition coefficient (Wildman–Crippen LogP) is 3.16. The molecule has 2 aromatic rings. The molecule has 2 nitrogen and oxygen atoms in total. The van der Waals surface area contributed by atoms with Crippen molar-refractivity contribution in [2.45, 2.75) is 6.42 Å². The second-order valence-corrected chi connectivity index (χ2v) is 4.08. The third-order valence-electron chi connectivity index (χ3n) is 2.53. The van der Waals surface area contributed by atoms with Crippen molar-refractivity contribution in [2.75, 3.05) is 6.61 Å². The number of Topliss-reactive ketones (excluding diaryl/α,β-unsaturated/α-hetero) is 1. The Balaban J connectivity index is 1.84. The summed E-state index contributed by atoms with van der Waals surface area (Å²) in [4.78, 5) is 11.6. The van der Waals surface area contributed by atoms with Gasteiger partial charge in [0.2, 0.25) is 0 Å². The Morgan fingerprint density at radius 3 is 2.00 bits per heavy atom. The van der Waals surface area contributed by atoms with Gasteiger partial charge in [0.05, 0.1) is 0 Å². The van der Waals surface area contributed by atoms with Gasteiger partial charge in [-0.15, -0.1) is 0 Å². The molecule has 0 atom stereocenters. The fourth-order valence-corrected chi connectivity index (χ4v) is 1.58. The zero-order valence-electron chi connectivity index (χ0n) is 10.1. The molecule has 2 rings (SSSR count). The predicted molar refractivity (Wildman–Crippen MR) is 67.0 cm³/mol. The van der Waals surface area contributed by atoms with Crippen LogP contribution in [0, 0.1) is 11.6 Å². The average molecular weight is 262 g/mol. The number of hydrogen-bond acceptors (Lipinski definition) is 2. The van der Waals surface area contributed by atoms with E-state index in [9.17, 15) is 13.6 Å². The summed E-state index contributed by atoms with van der Waals surface area (Å²) in [5, 5.41) is 0. The molecule has 0 aliphatic heterocycles. The van der Waals surface area contributed by atoms with Crippen molar-refractivity contribution in [1.82, 2.24) is 0 Å². The fraction of sp³-hybridized carbons (Fsp3) is 0.133. The number of hydrogen-bond donors (Lipinski definition) is 0. The van der Waals surface area contributed by atoms with Crippen LogP contribution >= 0.6 is 0 Å². The Bertz CT molecular complexity index is 547. The Morgan fingerprint density at radius 2 is 1.42 bits per heavy atom. The number of benzene rings is 2. The molecule has 19 heavy (non-hydrogen) atoms. The van der Waals surface area contributed by atoms with Gasteiger partial charge in [-0.3, -0.25) is 4.79 Å². The lowest BCUT2D eigenvalue weighted by atomic mass is 10.1. The van der Waals surface area contributed by atoms with E-state index in [1.54, 1.807) is 12.1 Å². The highest BCUT2D eigenvalue weighted by molar-refractivity contribution is 5.82. The molecule has 0 aromatic heterocycles. The van der Waals surface area contributed by atoms with Gasteiger partial charge in [0.25, 0.3) is 0 Å². The van der Waals surface area contributed by atoms with Crippen LogP contribution in [0.2, 0.25) is 0 Å². The van der Waals surface area contributed by atoms with Crippen LogP contribution in [-0.4, -0.2) is 12.4 Å². The van der Waals surface area contributed by atoms with E-state index >= 15 is 0 Å². The van der Waals surface area contributed by atoms with Gasteiger partial charge in [-0.1, -0.05) is 12.1 Å². The molecule has 0 heterocycles. The highest BCUT2D eigenvalue weighted by Crippen LogP contribution is 2.11. The van der Waals surface area contributed by atoms with Crippen LogP contribution in [0.3, 0.4) is 0 Å². The Kier molecular flexibility index (Phi) is 4.23. The molecule has 0 spiro atoms. The van der Waals surface area contributed by atoms with Crippen molar-refractivity contribution < 1.29 is 18.3 Å². The smallest absolute Gasteiger partial charge is 0.174 e. The minimum absolute atomic E-state index is 0.0942. The van der Waals surface area contributed by atoms with E-state index in [1.807, 2.05) is 0 Å². The van der Waals surface area contributed by atoms with Gasteiger partial charge >= 0.3 is 0 Å². The number of carbonyl (C=O) groups is 1. The number of rotatable bonds is 5. The van der Waals surface area contributed by atoms with E-state index in [-0.39, 0.29) is 30.4 Å². The van der Waals surface area contributed by atoms with Crippen LogP contribution in [0.15, 0.2) is 48.5 Å². The van der Waals surface area contributed by atoms with Crippen molar-refractivity contribution in [3.05, 3.63) is 65.7 Å². The molecule has 0 aliphatic rings. The summed E-state index contributed by atoms with van der Waals surface area (Å²) in [6.07, 6.45) is 0.182. The quantitative estimate of drug-likeness (QED) is 0.827. The molecule has 0 aliphatic carbocycles. The summed E-state index contributed by atoms with van der Waals surface area (Å²) in [6, 6.07) is 11.2. The largest absolute Gasteiger partial charge is 0.486 e. The summed E-state index contributed by atoms with van der Waals surface area (Å²) in [7, 11) is 0. The molecule has 0 bridgehead atoms. The molecule has 0 unspecified atom stereocenters. The lowest BCUT2D eigenvalue weighted by molar-refractivity contribution is -0.120. The van der Waals surface area contributed by atoms with E-state index in [2.05, 4.69) is 0 Å². The summed E-state index contributed by atoms with van der Waals surface area (Å²) >= 11 is 0. The molecular weight excluding hydrogens is 250 g/mol. The van der Waals surface area contributed by atoms with E-state index in [0.717, 1.165) is 5.56 Å².